The Hall–Kier alpha value is -1.24. The number of amides is 1. The first-order valence-corrected chi connectivity index (χ1v) is 9.42. The van der Waals surface area contributed by atoms with Crippen molar-refractivity contribution < 1.29 is 9.53 Å². The minimum absolute atomic E-state index is 0.136. The number of hydrogen-bond donors (Lipinski definition) is 0. The van der Waals surface area contributed by atoms with Crippen LogP contribution in [0.3, 0.4) is 0 Å². The van der Waals surface area contributed by atoms with Gasteiger partial charge in [0.25, 0.3) is 5.91 Å². The Kier molecular flexibility index (Phi) is 3.76. The minimum atomic E-state index is 0.136. The molecule has 2 aromatic heterocycles. The summed E-state index contributed by atoms with van der Waals surface area (Å²) in [5.74, 6) is 0.136. The molecule has 0 N–H and O–H groups in total. The van der Waals surface area contributed by atoms with Gasteiger partial charge in [-0.1, -0.05) is 0 Å². The second-order valence-electron chi connectivity index (χ2n) is 5.85. The Balaban J connectivity index is 1.62. The van der Waals surface area contributed by atoms with Crippen LogP contribution >= 0.6 is 22.7 Å². The van der Waals surface area contributed by atoms with Gasteiger partial charge in [0.05, 0.1) is 24.4 Å². The lowest BCUT2D eigenvalue weighted by Crippen LogP contribution is -2.51. The summed E-state index contributed by atoms with van der Waals surface area (Å²) < 4.78 is 5.81. The third-order valence-corrected chi connectivity index (χ3v) is 6.38. The van der Waals surface area contributed by atoms with E-state index in [1.807, 2.05) is 17.2 Å². The lowest BCUT2D eigenvalue weighted by molar-refractivity contribution is -0.0444. The second kappa shape index (κ2) is 5.76. The van der Waals surface area contributed by atoms with E-state index in [-0.39, 0.29) is 18.1 Å². The van der Waals surface area contributed by atoms with Crippen molar-refractivity contribution in [2.75, 3.05) is 13.2 Å². The summed E-state index contributed by atoms with van der Waals surface area (Å²) in [5.41, 5.74) is 1.95. The third kappa shape index (κ3) is 2.39. The van der Waals surface area contributed by atoms with E-state index in [9.17, 15) is 4.79 Å². The van der Waals surface area contributed by atoms with Crippen LogP contribution in [0.25, 0.3) is 10.6 Å². The highest BCUT2D eigenvalue weighted by Crippen LogP contribution is 2.34. The molecule has 2 fully saturated rings. The highest BCUT2D eigenvalue weighted by molar-refractivity contribution is 7.17. The molecule has 0 spiro atoms. The second-order valence-corrected chi connectivity index (χ2v) is 7.63. The molecule has 2 aromatic rings. The number of fused-ring (bicyclic) bond motifs is 1. The summed E-state index contributed by atoms with van der Waals surface area (Å²) >= 11 is 3.17. The molecule has 0 radical (unpaired) electrons. The Morgan fingerprint density at radius 2 is 2.36 bits per heavy atom. The van der Waals surface area contributed by atoms with Crippen LogP contribution in [0.1, 0.15) is 34.6 Å². The van der Waals surface area contributed by atoms with Crippen molar-refractivity contribution in [2.24, 2.45) is 0 Å². The highest BCUT2D eigenvalue weighted by atomic mass is 32.1. The molecule has 22 heavy (non-hydrogen) atoms. The Morgan fingerprint density at radius 1 is 1.45 bits per heavy atom. The molecular formula is C16H18N2O2S2. The first kappa shape index (κ1) is 14.4. The molecule has 0 aromatic carbocycles. The van der Waals surface area contributed by atoms with Crippen LogP contribution in [0.15, 0.2) is 16.8 Å². The number of nitrogens with zero attached hydrogens (tertiary/aromatic N) is 2. The number of hydrogen-bond acceptors (Lipinski definition) is 5. The van der Waals surface area contributed by atoms with Crippen molar-refractivity contribution >= 4 is 28.6 Å². The standard InChI is InChI=1S/C16H18N2O2S2/c1-10-14(22-15(17-10)11-5-8-21-9-11)16(19)18-6-7-20-13-4-2-3-12(13)18/h5,8-9,12-13H,2-4,6-7H2,1H3. The van der Waals surface area contributed by atoms with E-state index in [4.69, 9.17) is 4.74 Å². The van der Waals surface area contributed by atoms with E-state index in [2.05, 4.69) is 16.4 Å². The summed E-state index contributed by atoms with van der Waals surface area (Å²) in [6.07, 6.45) is 3.53. The normalized spacial score (nSPS) is 24.5. The molecule has 1 amide bonds. The Morgan fingerprint density at radius 3 is 3.18 bits per heavy atom. The van der Waals surface area contributed by atoms with Gasteiger partial charge in [-0.2, -0.15) is 11.3 Å². The molecule has 4 rings (SSSR count). The highest BCUT2D eigenvalue weighted by Gasteiger charge is 2.39. The molecule has 2 atom stereocenters. The van der Waals surface area contributed by atoms with Gasteiger partial charge >= 0.3 is 0 Å². The Bertz CT molecular complexity index is 680. The average Bonchev–Trinajstić information content (AvgIpc) is 3.25. The van der Waals surface area contributed by atoms with E-state index in [1.165, 1.54) is 11.3 Å². The SMILES string of the molecule is Cc1nc(-c2ccsc2)sc1C(=O)N1CCOC2CCCC21. The van der Waals surface area contributed by atoms with Gasteiger partial charge in [0.15, 0.2) is 0 Å². The molecule has 2 unspecified atom stereocenters. The van der Waals surface area contributed by atoms with Gasteiger partial charge in [0.2, 0.25) is 0 Å². The molecule has 0 bridgehead atoms. The number of carbonyl (C=O) groups is 1. The van der Waals surface area contributed by atoms with E-state index < -0.39 is 0 Å². The number of aromatic nitrogens is 1. The van der Waals surface area contributed by atoms with E-state index in [0.29, 0.717) is 13.2 Å². The van der Waals surface area contributed by atoms with Crippen molar-refractivity contribution in [1.82, 2.24) is 9.88 Å². The minimum Gasteiger partial charge on any atom is -0.374 e. The summed E-state index contributed by atoms with van der Waals surface area (Å²) in [6, 6.07) is 2.31. The van der Waals surface area contributed by atoms with Crippen LogP contribution in [0, 0.1) is 6.92 Å². The number of ether oxygens (including phenoxy) is 1. The van der Waals surface area contributed by atoms with Crippen molar-refractivity contribution in [1.29, 1.82) is 0 Å². The maximum absolute atomic E-state index is 13.0. The predicted octanol–water partition coefficient (Wildman–Crippen LogP) is 3.57. The van der Waals surface area contributed by atoms with Crippen molar-refractivity contribution in [3.05, 3.63) is 27.4 Å². The van der Waals surface area contributed by atoms with Crippen molar-refractivity contribution in [2.45, 2.75) is 38.3 Å². The molecule has 1 saturated heterocycles. The number of aryl methyl sites for hydroxylation is 1. The summed E-state index contributed by atoms with van der Waals surface area (Å²) in [6.45, 7) is 3.29. The molecule has 1 aliphatic heterocycles. The summed E-state index contributed by atoms with van der Waals surface area (Å²) in [7, 11) is 0. The fourth-order valence-electron chi connectivity index (χ4n) is 3.41. The van der Waals surface area contributed by atoms with Gasteiger partial charge in [-0.05, 0) is 37.6 Å². The number of rotatable bonds is 2. The number of carbonyl (C=O) groups excluding carboxylic acids is 1. The fourth-order valence-corrected chi connectivity index (χ4v) is 5.15. The van der Waals surface area contributed by atoms with Gasteiger partial charge in [0, 0.05) is 17.5 Å². The maximum Gasteiger partial charge on any atom is 0.266 e. The van der Waals surface area contributed by atoms with Gasteiger partial charge in [0.1, 0.15) is 9.88 Å². The van der Waals surface area contributed by atoms with Crippen LogP contribution < -0.4 is 0 Å². The fraction of sp³-hybridized carbons (Fsp3) is 0.500. The smallest absolute Gasteiger partial charge is 0.266 e. The monoisotopic (exact) mass is 334 g/mol. The van der Waals surface area contributed by atoms with Crippen LogP contribution in [0.5, 0.6) is 0 Å². The zero-order valence-electron chi connectivity index (χ0n) is 12.4. The molecule has 116 valence electrons. The van der Waals surface area contributed by atoms with E-state index in [1.54, 1.807) is 11.3 Å². The molecular weight excluding hydrogens is 316 g/mol. The van der Waals surface area contributed by atoms with Crippen LogP contribution in [0.2, 0.25) is 0 Å². The molecule has 6 heteroatoms. The van der Waals surface area contributed by atoms with Gasteiger partial charge in [-0.3, -0.25) is 4.79 Å². The molecule has 3 heterocycles. The van der Waals surface area contributed by atoms with Crippen molar-refractivity contribution in [3.8, 4) is 10.6 Å². The van der Waals surface area contributed by atoms with Gasteiger partial charge in [-0.15, -0.1) is 11.3 Å². The van der Waals surface area contributed by atoms with Crippen LogP contribution in [-0.2, 0) is 4.74 Å². The first-order chi connectivity index (χ1) is 10.7. The van der Waals surface area contributed by atoms with E-state index in [0.717, 1.165) is 40.4 Å². The topological polar surface area (TPSA) is 42.4 Å². The first-order valence-electron chi connectivity index (χ1n) is 7.66. The molecule has 1 saturated carbocycles. The molecule has 4 nitrogen and oxygen atoms in total. The zero-order chi connectivity index (χ0) is 15.1. The van der Waals surface area contributed by atoms with Crippen LogP contribution in [-0.4, -0.2) is 41.1 Å². The summed E-state index contributed by atoms with van der Waals surface area (Å²) in [4.78, 5) is 20.4. The Labute approximate surface area is 137 Å². The zero-order valence-corrected chi connectivity index (χ0v) is 14.1. The maximum atomic E-state index is 13.0. The molecule has 2 aliphatic rings. The predicted molar refractivity (Wildman–Crippen MR) is 88.6 cm³/mol. The van der Waals surface area contributed by atoms with Crippen molar-refractivity contribution in [3.63, 3.8) is 0 Å². The number of thiazole rings is 1. The van der Waals surface area contributed by atoms with Crippen LogP contribution in [0.4, 0.5) is 0 Å². The van der Waals surface area contributed by atoms with E-state index >= 15 is 0 Å². The molecule has 1 aliphatic carbocycles. The average molecular weight is 334 g/mol. The quantitative estimate of drug-likeness (QED) is 0.843. The lowest BCUT2D eigenvalue weighted by atomic mass is 10.1. The summed E-state index contributed by atoms with van der Waals surface area (Å²) in [5, 5.41) is 5.06. The van der Waals surface area contributed by atoms with Gasteiger partial charge < -0.3 is 9.64 Å². The number of morpholine rings is 1. The largest absolute Gasteiger partial charge is 0.374 e. The van der Waals surface area contributed by atoms with Gasteiger partial charge in [-0.25, -0.2) is 4.98 Å². The third-order valence-electron chi connectivity index (χ3n) is 4.50. The number of thiophene rings is 1. The lowest BCUT2D eigenvalue weighted by Gasteiger charge is -2.37.